The van der Waals surface area contributed by atoms with Crippen LogP contribution in [-0.4, -0.2) is 36.2 Å². The van der Waals surface area contributed by atoms with Crippen molar-refractivity contribution in [1.82, 2.24) is 10.2 Å². The lowest BCUT2D eigenvalue weighted by Crippen LogP contribution is -2.43. The maximum absolute atomic E-state index is 13.8. The third-order valence-corrected chi connectivity index (χ3v) is 6.39. The highest BCUT2D eigenvalue weighted by molar-refractivity contribution is 7.98. The van der Waals surface area contributed by atoms with Gasteiger partial charge in [-0.1, -0.05) is 29.8 Å². The number of nitrogens with one attached hydrogen (secondary N) is 1. The highest BCUT2D eigenvalue weighted by atomic mass is 35.5. The molecule has 2 aromatic rings. The molecule has 0 aromatic heterocycles. The minimum absolute atomic E-state index is 0.0322. The van der Waals surface area contributed by atoms with Gasteiger partial charge in [0.2, 0.25) is 5.91 Å². The van der Waals surface area contributed by atoms with Gasteiger partial charge in [-0.2, -0.15) is 11.8 Å². The van der Waals surface area contributed by atoms with Gasteiger partial charge in [-0.25, -0.2) is 8.78 Å². The molecule has 0 saturated carbocycles. The number of thioether (sulfide) groups is 1. The molecular formula is C22H25ClF2N2OS. The molecule has 2 aromatic carbocycles. The monoisotopic (exact) mass is 438 g/mol. The van der Waals surface area contributed by atoms with Crippen molar-refractivity contribution >= 4 is 29.3 Å². The standard InChI is InChI=1S/C22H25ClF2N2OS/c23-20-4-1-5-21(25)19(20)15-29-12-10-26-22(28)17-3-2-11-27(14-17)13-16-6-8-18(24)9-7-16/h1,4-9,17H,2-3,10-15H2,(H,26,28). The van der Waals surface area contributed by atoms with E-state index in [4.69, 9.17) is 11.6 Å². The van der Waals surface area contributed by atoms with E-state index in [1.807, 2.05) is 0 Å². The van der Waals surface area contributed by atoms with Crippen LogP contribution >= 0.6 is 23.4 Å². The summed E-state index contributed by atoms with van der Waals surface area (Å²) in [7, 11) is 0. The number of hydrogen-bond donors (Lipinski definition) is 1. The molecule has 1 amide bonds. The molecule has 0 radical (unpaired) electrons. The lowest BCUT2D eigenvalue weighted by atomic mass is 9.96. The van der Waals surface area contributed by atoms with Gasteiger partial charge in [-0.05, 0) is 49.2 Å². The molecule has 0 spiro atoms. The van der Waals surface area contributed by atoms with Crippen LogP contribution in [0.5, 0.6) is 0 Å². The molecule has 1 fully saturated rings. The highest BCUT2D eigenvalue weighted by Gasteiger charge is 2.25. The fourth-order valence-corrected chi connectivity index (χ4v) is 4.69. The molecule has 0 aliphatic carbocycles. The number of benzene rings is 2. The summed E-state index contributed by atoms with van der Waals surface area (Å²) in [5, 5.41) is 3.43. The van der Waals surface area contributed by atoms with Gasteiger partial charge in [0.15, 0.2) is 0 Å². The maximum Gasteiger partial charge on any atom is 0.224 e. The van der Waals surface area contributed by atoms with Crippen molar-refractivity contribution in [2.45, 2.75) is 25.1 Å². The van der Waals surface area contributed by atoms with Crippen molar-refractivity contribution in [3.8, 4) is 0 Å². The van der Waals surface area contributed by atoms with Gasteiger partial charge in [0, 0.05) is 41.7 Å². The number of nitrogens with zero attached hydrogens (tertiary/aromatic N) is 1. The Kier molecular flexibility index (Phi) is 8.33. The van der Waals surface area contributed by atoms with Gasteiger partial charge in [0.1, 0.15) is 11.6 Å². The van der Waals surface area contributed by atoms with Crippen molar-refractivity contribution in [1.29, 1.82) is 0 Å². The average molecular weight is 439 g/mol. The topological polar surface area (TPSA) is 32.3 Å². The Labute approximate surface area is 179 Å². The Morgan fingerprint density at radius 2 is 2.00 bits per heavy atom. The zero-order valence-corrected chi connectivity index (χ0v) is 17.7. The van der Waals surface area contributed by atoms with Crippen molar-refractivity contribution in [2.24, 2.45) is 5.92 Å². The van der Waals surface area contributed by atoms with E-state index >= 15 is 0 Å². The molecular weight excluding hydrogens is 414 g/mol. The van der Waals surface area contributed by atoms with E-state index in [-0.39, 0.29) is 23.5 Å². The molecule has 1 atom stereocenters. The van der Waals surface area contributed by atoms with Crippen LogP contribution in [0.15, 0.2) is 42.5 Å². The minimum atomic E-state index is -0.294. The van der Waals surface area contributed by atoms with Crippen molar-refractivity contribution in [3.63, 3.8) is 0 Å². The predicted octanol–water partition coefficient (Wildman–Crippen LogP) is 4.88. The molecule has 1 aliphatic heterocycles. The van der Waals surface area contributed by atoms with Crippen LogP contribution in [0.25, 0.3) is 0 Å². The van der Waals surface area contributed by atoms with E-state index < -0.39 is 0 Å². The third kappa shape index (κ3) is 6.69. The van der Waals surface area contributed by atoms with Crippen LogP contribution in [0.2, 0.25) is 5.02 Å². The Balaban J connectivity index is 1.38. The minimum Gasteiger partial charge on any atom is -0.355 e. The van der Waals surface area contributed by atoms with Crippen LogP contribution in [0.1, 0.15) is 24.0 Å². The second-order valence-electron chi connectivity index (χ2n) is 7.24. The van der Waals surface area contributed by atoms with Gasteiger partial charge in [-0.15, -0.1) is 0 Å². The van der Waals surface area contributed by atoms with Gasteiger partial charge < -0.3 is 5.32 Å². The molecule has 1 N–H and O–H groups in total. The van der Waals surface area contributed by atoms with Gasteiger partial charge in [-0.3, -0.25) is 9.69 Å². The molecule has 1 unspecified atom stereocenters. The molecule has 1 aliphatic rings. The van der Waals surface area contributed by atoms with E-state index in [0.29, 0.717) is 35.2 Å². The number of likely N-dealkylation sites (tertiary alicyclic amines) is 1. The molecule has 1 heterocycles. The van der Waals surface area contributed by atoms with Crippen molar-refractivity contribution in [3.05, 3.63) is 70.2 Å². The SMILES string of the molecule is O=C(NCCSCc1c(F)cccc1Cl)C1CCCN(Cc2ccc(F)cc2)C1. The van der Waals surface area contributed by atoms with Crippen LogP contribution < -0.4 is 5.32 Å². The summed E-state index contributed by atoms with van der Waals surface area (Å²) in [5.74, 6) is 0.685. The number of amides is 1. The molecule has 1 saturated heterocycles. The Morgan fingerprint density at radius 3 is 2.76 bits per heavy atom. The summed E-state index contributed by atoms with van der Waals surface area (Å²) >= 11 is 7.57. The van der Waals surface area contributed by atoms with Gasteiger partial charge in [0.25, 0.3) is 0 Å². The lowest BCUT2D eigenvalue weighted by molar-refractivity contribution is -0.126. The fourth-order valence-electron chi connectivity index (χ4n) is 3.50. The number of halogens is 3. The Morgan fingerprint density at radius 1 is 1.21 bits per heavy atom. The molecule has 0 bridgehead atoms. The first-order chi connectivity index (χ1) is 14.0. The summed E-state index contributed by atoms with van der Waals surface area (Å²) in [6, 6.07) is 11.2. The number of rotatable bonds is 8. The highest BCUT2D eigenvalue weighted by Crippen LogP contribution is 2.24. The van der Waals surface area contributed by atoms with Crippen molar-refractivity contribution in [2.75, 3.05) is 25.4 Å². The first-order valence-electron chi connectivity index (χ1n) is 9.78. The third-order valence-electron chi connectivity index (χ3n) is 5.05. The quantitative estimate of drug-likeness (QED) is 0.596. The smallest absolute Gasteiger partial charge is 0.224 e. The zero-order chi connectivity index (χ0) is 20.6. The molecule has 29 heavy (non-hydrogen) atoms. The van der Waals surface area contributed by atoms with Crippen LogP contribution in [0, 0.1) is 17.6 Å². The second kappa shape index (κ2) is 11.0. The summed E-state index contributed by atoms with van der Waals surface area (Å²) < 4.78 is 26.8. The lowest BCUT2D eigenvalue weighted by Gasteiger charge is -2.32. The number of carbonyl (C=O) groups is 1. The van der Waals surface area contributed by atoms with Crippen molar-refractivity contribution < 1.29 is 13.6 Å². The number of hydrogen-bond acceptors (Lipinski definition) is 3. The number of carbonyl (C=O) groups excluding carboxylic acids is 1. The van der Waals surface area contributed by atoms with Crippen LogP contribution in [0.3, 0.4) is 0 Å². The Bertz CT molecular complexity index is 799. The molecule has 3 nitrogen and oxygen atoms in total. The summed E-state index contributed by atoms with van der Waals surface area (Å²) in [6.07, 6.45) is 1.85. The molecule has 3 rings (SSSR count). The van der Waals surface area contributed by atoms with Crippen LogP contribution in [0.4, 0.5) is 8.78 Å². The summed E-state index contributed by atoms with van der Waals surface area (Å²) in [5.41, 5.74) is 1.56. The van der Waals surface area contributed by atoms with E-state index in [9.17, 15) is 13.6 Å². The largest absolute Gasteiger partial charge is 0.355 e. The Hall–Kier alpha value is -1.63. The first-order valence-corrected chi connectivity index (χ1v) is 11.3. The van der Waals surface area contributed by atoms with E-state index in [2.05, 4.69) is 10.2 Å². The van der Waals surface area contributed by atoms with Gasteiger partial charge >= 0.3 is 0 Å². The summed E-state index contributed by atoms with van der Waals surface area (Å²) in [6.45, 7) is 2.93. The van der Waals surface area contributed by atoms with E-state index in [0.717, 1.165) is 31.5 Å². The van der Waals surface area contributed by atoms with Gasteiger partial charge in [0.05, 0.1) is 5.92 Å². The van der Waals surface area contributed by atoms with E-state index in [1.165, 1.54) is 18.2 Å². The predicted molar refractivity (Wildman–Crippen MR) is 115 cm³/mol. The molecule has 156 valence electrons. The maximum atomic E-state index is 13.8. The summed E-state index contributed by atoms with van der Waals surface area (Å²) in [4.78, 5) is 14.8. The van der Waals surface area contributed by atoms with Crippen LogP contribution in [-0.2, 0) is 17.1 Å². The second-order valence-corrected chi connectivity index (χ2v) is 8.76. The zero-order valence-electron chi connectivity index (χ0n) is 16.2. The normalized spacial score (nSPS) is 17.3. The first kappa shape index (κ1) is 22.1. The fraction of sp³-hybridized carbons (Fsp3) is 0.409. The van der Waals surface area contributed by atoms with E-state index in [1.54, 1.807) is 36.0 Å². The number of piperidine rings is 1. The average Bonchev–Trinajstić information content (AvgIpc) is 2.71. The molecule has 7 heteroatoms.